The molecule has 0 aliphatic heterocycles. The van der Waals surface area contributed by atoms with E-state index >= 15 is 0 Å². The van der Waals surface area contributed by atoms with E-state index in [0.717, 1.165) is 0 Å². The van der Waals surface area contributed by atoms with Gasteiger partial charge in [-0.3, -0.25) is 5.32 Å². The van der Waals surface area contributed by atoms with Crippen molar-refractivity contribution < 1.29 is 27.5 Å². The zero-order chi connectivity index (χ0) is 27.7. The van der Waals surface area contributed by atoms with E-state index in [4.69, 9.17) is 9.47 Å². The predicted octanol–water partition coefficient (Wildman–Crippen LogP) is 5.19. The number of ether oxygens (including phenoxy) is 2. The van der Waals surface area contributed by atoms with Gasteiger partial charge in [0.2, 0.25) is 0 Å². The zero-order valence-corrected chi connectivity index (χ0v) is 22.8. The normalized spacial score (nSPS) is 17.7. The number of carbonyl (C=O) groups excluding carboxylic acids is 2. The number of alkyl carbamates (subject to hydrolysis) is 1. The second-order valence-corrected chi connectivity index (χ2v) is 12.3. The summed E-state index contributed by atoms with van der Waals surface area (Å²) in [5.41, 5.74) is 1.45. The molecule has 0 fully saturated rings. The van der Waals surface area contributed by atoms with Crippen molar-refractivity contribution in [3.8, 4) is 11.1 Å². The summed E-state index contributed by atoms with van der Waals surface area (Å²) in [5, 5.41) is 3.27. The molecule has 200 valence electrons. The molecule has 2 aromatic heterocycles. The summed E-state index contributed by atoms with van der Waals surface area (Å²) < 4.78 is 38.6. The van der Waals surface area contributed by atoms with Crippen LogP contribution in [0.3, 0.4) is 0 Å². The van der Waals surface area contributed by atoms with E-state index in [-0.39, 0.29) is 24.4 Å². The minimum absolute atomic E-state index is 0.132. The van der Waals surface area contributed by atoms with Gasteiger partial charge in [-0.25, -0.2) is 27.0 Å². The molecule has 4 rings (SSSR count). The van der Waals surface area contributed by atoms with Crippen molar-refractivity contribution in [2.75, 3.05) is 6.61 Å². The number of nitrogens with one attached hydrogen (secondary N) is 1. The molecule has 1 aliphatic carbocycles. The lowest BCUT2D eigenvalue weighted by molar-refractivity contribution is 0.0521. The van der Waals surface area contributed by atoms with Gasteiger partial charge < -0.3 is 9.47 Å². The number of fused-ring (bicyclic) bond motifs is 1. The molecule has 0 saturated heterocycles. The van der Waals surface area contributed by atoms with Crippen LogP contribution in [0.5, 0.6) is 0 Å². The molecule has 1 amide bonds. The van der Waals surface area contributed by atoms with Crippen molar-refractivity contribution in [2.24, 2.45) is 0 Å². The molecule has 0 radical (unpaired) electrons. The van der Waals surface area contributed by atoms with E-state index in [1.807, 2.05) is 0 Å². The lowest BCUT2D eigenvalue weighted by Gasteiger charge is -2.33. The third kappa shape index (κ3) is 5.08. The molecule has 1 aliphatic rings. The van der Waals surface area contributed by atoms with Gasteiger partial charge in [-0.05, 0) is 76.9 Å². The van der Waals surface area contributed by atoms with Crippen molar-refractivity contribution >= 4 is 33.1 Å². The minimum atomic E-state index is -4.15. The van der Waals surface area contributed by atoms with Crippen molar-refractivity contribution in [1.82, 2.24) is 14.3 Å². The van der Waals surface area contributed by atoms with E-state index < -0.39 is 32.4 Å². The van der Waals surface area contributed by atoms with Crippen molar-refractivity contribution in [1.29, 1.82) is 0 Å². The smallest absolute Gasteiger partial charge is 0.411 e. The maximum Gasteiger partial charge on any atom is 0.411 e. The fourth-order valence-electron chi connectivity index (χ4n) is 4.24. The van der Waals surface area contributed by atoms with Crippen LogP contribution >= 0.6 is 0 Å². The van der Waals surface area contributed by atoms with Crippen LogP contribution in [-0.4, -0.2) is 46.4 Å². The van der Waals surface area contributed by atoms with Crippen LogP contribution in [0.4, 0.5) is 4.79 Å². The summed E-state index contributed by atoms with van der Waals surface area (Å²) in [4.78, 5) is 29.0. The number of benzene rings is 1. The Labute approximate surface area is 222 Å². The topological polar surface area (TPSA) is 117 Å². The maximum atomic E-state index is 14.3. The lowest BCUT2D eigenvalue weighted by atomic mass is 9.98. The average Bonchev–Trinajstić information content (AvgIpc) is 3.25. The van der Waals surface area contributed by atoms with Gasteiger partial charge in [0, 0.05) is 29.0 Å². The molecule has 1 unspecified atom stereocenters. The molecule has 9 nitrogen and oxygen atoms in total. The number of aromatic nitrogens is 2. The molecule has 38 heavy (non-hydrogen) atoms. The molecule has 10 heteroatoms. The summed E-state index contributed by atoms with van der Waals surface area (Å²) in [5.74, 6) is -0.430. The fraction of sp³-hybridized carbons (Fsp3) is 0.321. The van der Waals surface area contributed by atoms with Crippen LogP contribution in [0.2, 0.25) is 0 Å². The van der Waals surface area contributed by atoms with Gasteiger partial charge in [-0.1, -0.05) is 24.3 Å². The number of nitrogens with zero attached hydrogens (tertiary/aromatic N) is 2. The molecule has 0 spiro atoms. The van der Waals surface area contributed by atoms with E-state index in [1.165, 1.54) is 16.4 Å². The van der Waals surface area contributed by atoms with E-state index in [1.54, 1.807) is 89.2 Å². The first-order valence-electron chi connectivity index (χ1n) is 12.2. The second kappa shape index (κ2) is 10.1. The Hall–Kier alpha value is -3.92. The highest BCUT2D eigenvalue weighted by molar-refractivity contribution is 7.91. The standard InChI is InChI=1S/C28H31N3O6S/c1-6-36-25(32)20-14-12-19(13-15-20)22-18-31(24-21(22)10-9-17-29-24)38(34,35)28(5)16-8-7-11-23(28)30-26(33)37-27(2,3)4/h7-15,17-18H,6,16H2,1-5H3,(H,30,33). The van der Waals surface area contributed by atoms with Gasteiger partial charge in [0.25, 0.3) is 10.0 Å². The highest BCUT2D eigenvalue weighted by atomic mass is 32.2. The molecular weight excluding hydrogens is 506 g/mol. The Bertz CT molecular complexity index is 1550. The SMILES string of the molecule is CCOC(=O)c1ccc(-c2cn(S(=O)(=O)C3(C)CC=CC=C3NC(=O)OC(C)(C)C)c3ncccc23)cc1. The summed E-state index contributed by atoms with van der Waals surface area (Å²) in [6.45, 7) is 8.77. The maximum absolute atomic E-state index is 14.3. The summed E-state index contributed by atoms with van der Waals surface area (Å²) in [7, 11) is -4.15. The van der Waals surface area contributed by atoms with Gasteiger partial charge in [-0.2, -0.15) is 0 Å². The Morgan fingerprint density at radius 2 is 1.87 bits per heavy atom. The molecule has 3 aromatic rings. The first-order valence-corrected chi connectivity index (χ1v) is 13.7. The van der Waals surface area contributed by atoms with Gasteiger partial charge >= 0.3 is 12.1 Å². The Morgan fingerprint density at radius 3 is 2.53 bits per heavy atom. The van der Waals surface area contributed by atoms with E-state index in [2.05, 4.69) is 10.3 Å². The number of carbonyl (C=O) groups is 2. The summed E-state index contributed by atoms with van der Waals surface area (Å²) >= 11 is 0. The van der Waals surface area contributed by atoms with E-state index in [0.29, 0.717) is 22.1 Å². The van der Waals surface area contributed by atoms with E-state index in [9.17, 15) is 18.0 Å². The Balaban J connectivity index is 1.77. The first-order chi connectivity index (χ1) is 17.9. The van der Waals surface area contributed by atoms with Gasteiger partial charge in [-0.15, -0.1) is 0 Å². The summed E-state index contributed by atoms with van der Waals surface area (Å²) in [6.07, 6.45) is 7.46. The molecule has 2 heterocycles. The molecule has 0 bridgehead atoms. The highest BCUT2D eigenvalue weighted by Crippen LogP contribution is 2.38. The molecule has 1 aromatic carbocycles. The second-order valence-electron chi connectivity index (χ2n) is 10.1. The number of rotatable bonds is 6. The molecule has 1 atom stereocenters. The van der Waals surface area contributed by atoms with Gasteiger partial charge in [0.15, 0.2) is 5.65 Å². The van der Waals surface area contributed by atoms with Gasteiger partial charge in [0.05, 0.1) is 12.2 Å². The average molecular weight is 538 g/mol. The van der Waals surface area contributed by atoms with Crippen LogP contribution in [0.25, 0.3) is 22.2 Å². The van der Waals surface area contributed by atoms with Crippen LogP contribution in [0.1, 0.15) is 51.4 Å². The number of amides is 1. The largest absolute Gasteiger partial charge is 0.462 e. The summed E-state index contributed by atoms with van der Waals surface area (Å²) in [6, 6.07) is 10.3. The quantitative estimate of drug-likeness (QED) is 0.430. The first kappa shape index (κ1) is 27.1. The van der Waals surface area contributed by atoms with Crippen molar-refractivity contribution in [3.63, 3.8) is 0 Å². The number of hydrogen-bond acceptors (Lipinski definition) is 7. The van der Waals surface area contributed by atoms with Crippen molar-refractivity contribution in [2.45, 2.75) is 51.4 Å². The minimum Gasteiger partial charge on any atom is -0.462 e. The van der Waals surface area contributed by atoms with Gasteiger partial charge in [0.1, 0.15) is 10.3 Å². The van der Waals surface area contributed by atoms with Crippen LogP contribution in [-0.2, 0) is 19.5 Å². The number of pyridine rings is 1. The van der Waals surface area contributed by atoms with Crippen LogP contribution in [0.15, 0.2) is 72.7 Å². The Kier molecular flexibility index (Phi) is 7.20. The number of allylic oxidation sites excluding steroid dienone is 3. The molecular formula is C28H31N3O6S. The van der Waals surface area contributed by atoms with Crippen LogP contribution in [0, 0.1) is 0 Å². The van der Waals surface area contributed by atoms with Crippen molar-refractivity contribution in [3.05, 3.63) is 78.3 Å². The fourth-order valence-corrected chi connectivity index (χ4v) is 5.99. The number of esters is 1. The zero-order valence-electron chi connectivity index (χ0n) is 22.0. The molecule has 0 saturated carbocycles. The Morgan fingerprint density at radius 1 is 1.16 bits per heavy atom. The monoisotopic (exact) mass is 537 g/mol. The third-order valence-corrected chi connectivity index (χ3v) is 8.50. The third-order valence-electron chi connectivity index (χ3n) is 6.18. The number of hydrogen-bond donors (Lipinski definition) is 1. The predicted molar refractivity (Wildman–Crippen MR) is 145 cm³/mol. The van der Waals surface area contributed by atoms with Crippen LogP contribution < -0.4 is 5.32 Å². The highest BCUT2D eigenvalue weighted by Gasteiger charge is 2.46. The lowest BCUT2D eigenvalue weighted by Crippen LogP contribution is -2.48. The molecule has 1 N–H and O–H groups in total.